The minimum atomic E-state index is -0.649. The van der Waals surface area contributed by atoms with Gasteiger partial charge in [0.05, 0.1) is 6.04 Å². The lowest BCUT2D eigenvalue weighted by molar-refractivity contribution is -0.124. The van der Waals surface area contributed by atoms with E-state index in [1.54, 1.807) is 0 Å². The zero-order valence-corrected chi connectivity index (χ0v) is 21.4. The summed E-state index contributed by atoms with van der Waals surface area (Å²) in [6.45, 7) is 12.1. The highest BCUT2D eigenvalue weighted by Gasteiger charge is 2.36. The summed E-state index contributed by atoms with van der Waals surface area (Å²) in [6, 6.07) is 9.11. The van der Waals surface area contributed by atoms with Crippen molar-refractivity contribution >= 4 is 17.6 Å². The van der Waals surface area contributed by atoms with E-state index in [1.807, 2.05) is 37.3 Å². The lowest BCUT2D eigenvalue weighted by Gasteiger charge is -2.28. The Kier molecular flexibility index (Phi) is 8.01. The van der Waals surface area contributed by atoms with Gasteiger partial charge in [0.2, 0.25) is 5.91 Å². The van der Waals surface area contributed by atoms with Gasteiger partial charge in [-0.1, -0.05) is 77.8 Å². The third-order valence-electron chi connectivity index (χ3n) is 6.72. The third-order valence-corrected chi connectivity index (χ3v) is 6.72. The van der Waals surface area contributed by atoms with Crippen LogP contribution < -0.4 is 10.6 Å². The number of aromatic nitrogens is 1. The fourth-order valence-electron chi connectivity index (χ4n) is 4.92. The maximum absolute atomic E-state index is 13.3. The van der Waals surface area contributed by atoms with E-state index in [4.69, 9.17) is 0 Å². The lowest BCUT2D eigenvalue weighted by atomic mass is 9.75. The molecule has 1 aliphatic rings. The SMILES string of the molecule is CCCCC(NC(=O)c1[nH]c2c(c1C)C(=O)CC(C)(C)C2)C(=O)NC(c1ccccc1)C(C)C. The van der Waals surface area contributed by atoms with Crippen molar-refractivity contribution in [2.45, 2.75) is 85.7 Å². The van der Waals surface area contributed by atoms with Gasteiger partial charge in [-0.3, -0.25) is 14.4 Å². The summed E-state index contributed by atoms with van der Waals surface area (Å²) in [7, 11) is 0. The summed E-state index contributed by atoms with van der Waals surface area (Å²) >= 11 is 0. The van der Waals surface area contributed by atoms with Crippen molar-refractivity contribution in [2.75, 3.05) is 0 Å². The number of fused-ring (bicyclic) bond motifs is 1. The van der Waals surface area contributed by atoms with Crippen molar-refractivity contribution in [1.29, 1.82) is 0 Å². The lowest BCUT2D eigenvalue weighted by Crippen LogP contribution is -2.48. The molecule has 0 radical (unpaired) electrons. The summed E-state index contributed by atoms with van der Waals surface area (Å²) in [5.74, 6) is -0.257. The van der Waals surface area contributed by atoms with E-state index in [0.29, 0.717) is 29.7 Å². The number of amides is 2. The summed E-state index contributed by atoms with van der Waals surface area (Å²) in [5.41, 5.74) is 3.42. The van der Waals surface area contributed by atoms with Crippen LogP contribution in [0.4, 0.5) is 0 Å². The fraction of sp³-hybridized carbons (Fsp3) is 0.536. The highest BCUT2D eigenvalue weighted by Crippen LogP contribution is 2.36. The first-order valence-electron chi connectivity index (χ1n) is 12.4. The first-order chi connectivity index (χ1) is 16.0. The smallest absolute Gasteiger partial charge is 0.268 e. The van der Waals surface area contributed by atoms with Gasteiger partial charge < -0.3 is 15.6 Å². The number of H-pyrrole nitrogens is 1. The zero-order chi connectivity index (χ0) is 25.0. The van der Waals surface area contributed by atoms with Gasteiger partial charge in [-0.25, -0.2) is 0 Å². The Morgan fingerprint density at radius 3 is 2.38 bits per heavy atom. The molecule has 0 saturated heterocycles. The summed E-state index contributed by atoms with van der Waals surface area (Å²) in [6.07, 6.45) is 3.49. The number of hydrogen-bond donors (Lipinski definition) is 3. The number of carbonyl (C=O) groups is 3. The molecule has 2 atom stereocenters. The summed E-state index contributed by atoms with van der Waals surface area (Å²) in [4.78, 5) is 42.6. The molecule has 0 bridgehead atoms. The second-order valence-corrected chi connectivity index (χ2v) is 10.7. The molecular formula is C28H39N3O3. The average Bonchev–Trinajstić information content (AvgIpc) is 3.10. The molecule has 3 N–H and O–H groups in total. The molecule has 6 nitrogen and oxygen atoms in total. The molecule has 184 valence electrons. The number of ketones is 1. The maximum Gasteiger partial charge on any atom is 0.268 e. The number of nitrogens with one attached hydrogen (secondary N) is 3. The number of rotatable bonds is 9. The molecule has 1 aromatic heterocycles. The van der Waals surface area contributed by atoms with Crippen LogP contribution in [0.25, 0.3) is 0 Å². The molecule has 34 heavy (non-hydrogen) atoms. The molecule has 6 heteroatoms. The number of carbonyl (C=O) groups excluding carboxylic acids is 3. The number of aromatic amines is 1. The van der Waals surface area contributed by atoms with Gasteiger partial charge in [-0.05, 0) is 42.2 Å². The van der Waals surface area contributed by atoms with Gasteiger partial charge in [-0.2, -0.15) is 0 Å². The molecule has 2 aromatic rings. The van der Waals surface area contributed by atoms with Gasteiger partial charge in [0.15, 0.2) is 5.78 Å². The van der Waals surface area contributed by atoms with Crippen LogP contribution in [0.5, 0.6) is 0 Å². The van der Waals surface area contributed by atoms with Crippen LogP contribution in [0.3, 0.4) is 0 Å². The van der Waals surface area contributed by atoms with Gasteiger partial charge in [0.1, 0.15) is 11.7 Å². The van der Waals surface area contributed by atoms with Crippen molar-refractivity contribution < 1.29 is 14.4 Å². The largest absolute Gasteiger partial charge is 0.354 e. The average molecular weight is 466 g/mol. The molecule has 0 fully saturated rings. The number of unbranched alkanes of at least 4 members (excludes halogenated alkanes) is 1. The van der Waals surface area contributed by atoms with E-state index in [0.717, 1.165) is 30.5 Å². The third kappa shape index (κ3) is 5.78. The van der Waals surface area contributed by atoms with Gasteiger partial charge >= 0.3 is 0 Å². The molecule has 0 spiro atoms. The van der Waals surface area contributed by atoms with Crippen LogP contribution in [0.1, 0.15) is 104 Å². The fourth-order valence-corrected chi connectivity index (χ4v) is 4.92. The molecular weight excluding hydrogens is 426 g/mol. The van der Waals surface area contributed by atoms with E-state index < -0.39 is 6.04 Å². The molecule has 0 saturated carbocycles. The minimum absolute atomic E-state index is 0.0713. The Bertz CT molecular complexity index is 1040. The van der Waals surface area contributed by atoms with Crippen LogP contribution in [0, 0.1) is 18.3 Å². The predicted molar refractivity (Wildman–Crippen MR) is 135 cm³/mol. The first kappa shape index (κ1) is 25.7. The van der Waals surface area contributed by atoms with Gasteiger partial charge in [0, 0.05) is 17.7 Å². The predicted octanol–water partition coefficient (Wildman–Crippen LogP) is 5.28. The van der Waals surface area contributed by atoms with Crippen molar-refractivity contribution in [3.05, 3.63) is 58.4 Å². The van der Waals surface area contributed by atoms with Crippen molar-refractivity contribution in [2.24, 2.45) is 11.3 Å². The Labute approximate surface area is 203 Å². The van der Waals surface area contributed by atoms with E-state index >= 15 is 0 Å². The monoisotopic (exact) mass is 465 g/mol. The van der Waals surface area contributed by atoms with E-state index in [2.05, 4.69) is 50.2 Å². The van der Waals surface area contributed by atoms with E-state index in [1.165, 1.54) is 0 Å². The molecule has 1 heterocycles. The number of benzene rings is 1. The van der Waals surface area contributed by atoms with Crippen LogP contribution in [-0.4, -0.2) is 28.6 Å². The van der Waals surface area contributed by atoms with Gasteiger partial charge in [-0.15, -0.1) is 0 Å². The molecule has 3 rings (SSSR count). The Morgan fingerprint density at radius 1 is 1.09 bits per heavy atom. The van der Waals surface area contributed by atoms with E-state index in [9.17, 15) is 14.4 Å². The van der Waals surface area contributed by atoms with Crippen molar-refractivity contribution in [1.82, 2.24) is 15.6 Å². The van der Waals surface area contributed by atoms with Crippen LogP contribution in [0.2, 0.25) is 0 Å². The highest BCUT2D eigenvalue weighted by molar-refractivity contribution is 6.05. The summed E-state index contributed by atoms with van der Waals surface area (Å²) in [5, 5.41) is 6.12. The Hall–Kier alpha value is -2.89. The normalized spacial score (nSPS) is 16.6. The second-order valence-electron chi connectivity index (χ2n) is 10.7. The van der Waals surface area contributed by atoms with Crippen LogP contribution in [0.15, 0.2) is 30.3 Å². The topological polar surface area (TPSA) is 91.1 Å². The van der Waals surface area contributed by atoms with Gasteiger partial charge in [0.25, 0.3) is 5.91 Å². The molecule has 1 aromatic carbocycles. The Balaban J connectivity index is 1.81. The summed E-state index contributed by atoms with van der Waals surface area (Å²) < 4.78 is 0. The molecule has 2 unspecified atom stereocenters. The first-order valence-corrected chi connectivity index (χ1v) is 12.4. The number of Topliss-reactive ketones (excluding diaryl/α,β-unsaturated/α-hetero) is 1. The standard InChI is InChI=1S/C28H39N3O3/c1-7-8-14-20(26(33)31-24(17(2)3)19-12-10-9-11-13-19)30-27(34)25-18(4)23-21(29-25)15-28(5,6)16-22(23)32/h9-13,17,20,24,29H,7-8,14-16H2,1-6H3,(H,30,34)(H,31,33). The highest BCUT2D eigenvalue weighted by atomic mass is 16.2. The zero-order valence-electron chi connectivity index (χ0n) is 21.4. The van der Waals surface area contributed by atoms with Crippen molar-refractivity contribution in [3.8, 4) is 0 Å². The minimum Gasteiger partial charge on any atom is -0.354 e. The molecule has 0 aliphatic heterocycles. The number of hydrogen-bond acceptors (Lipinski definition) is 3. The van der Waals surface area contributed by atoms with Crippen molar-refractivity contribution in [3.63, 3.8) is 0 Å². The maximum atomic E-state index is 13.3. The molecule has 2 amide bonds. The van der Waals surface area contributed by atoms with Crippen LogP contribution in [-0.2, 0) is 11.2 Å². The van der Waals surface area contributed by atoms with Crippen LogP contribution >= 0.6 is 0 Å². The quantitative estimate of drug-likeness (QED) is 0.470. The molecule has 1 aliphatic carbocycles. The van der Waals surface area contributed by atoms with E-state index in [-0.39, 0.29) is 35.0 Å². The Morgan fingerprint density at radius 2 is 1.76 bits per heavy atom. The second kappa shape index (κ2) is 10.6.